The van der Waals surface area contributed by atoms with Crippen LogP contribution in [0.5, 0.6) is 0 Å². The summed E-state index contributed by atoms with van der Waals surface area (Å²) in [5.74, 6) is 0.985. The van der Waals surface area contributed by atoms with Crippen LogP contribution in [0.15, 0.2) is 91.0 Å². The number of rotatable bonds is 5. The molecule has 4 bridgehead atoms. The molecule has 7 unspecified atom stereocenters. The summed E-state index contributed by atoms with van der Waals surface area (Å²) in [7, 11) is 0. The fraction of sp³-hybridized carbons (Fsp3) is 0.375. The van der Waals surface area contributed by atoms with Gasteiger partial charge in [-0.3, -0.25) is 0 Å². The van der Waals surface area contributed by atoms with Crippen molar-refractivity contribution in [3.8, 4) is 0 Å². The Balaban J connectivity index is 1.29. The van der Waals surface area contributed by atoms with Gasteiger partial charge in [-0.1, -0.05) is 54.6 Å². The SMILES string of the molecule is O=C(OC1CC23CN(c4ccccc4)C(C1OC(=O)c1ccccc1)C2C1CCC3C1)c1ccccc1. The van der Waals surface area contributed by atoms with E-state index in [1.807, 2.05) is 42.5 Å². The van der Waals surface area contributed by atoms with Crippen molar-refractivity contribution < 1.29 is 19.1 Å². The van der Waals surface area contributed by atoms with E-state index in [1.54, 1.807) is 24.3 Å². The highest BCUT2D eigenvalue weighted by Crippen LogP contribution is 2.69. The zero-order valence-corrected chi connectivity index (χ0v) is 20.7. The molecule has 188 valence electrons. The van der Waals surface area contributed by atoms with Gasteiger partial charge in [0, 0.05) is 12.2 Å². The van der Waals surface area contributed by atoms with Crippen molar-refractivity contribution in [2.75, 3.05) is 11.4 Å². The summed E-state index contributed by atoms with van der Waals surface area (Å²) in [6.07, 6.45) is 3.43. The van der Waals surface area contributed by atoms with Gasteiger partial charge < -0.3 is 14.4 Å². The molecule has 3 aromatic carbocycles. The van der Waals surface area contributed by atoms with Crippen LogP contribution in [0.3, 0.4) is 0 Å². The number of esters is 2. The normalized spacial score (nSPS) is 33.1. The molecular formula is C32H31NO4. The van der Waals surface area contributed by atoms with E-state index in [9.17, 15) is 9.59 Å². The van der Waals surface area contributed by atoms with Gasteiger partial charge in [-0.2, -0.15) is 0 Å². The Morgan fingerprint density at radius 3 is 2.00 bits per heavy atom. The van der Waals surface area contributed by atoms with Crippen LogP contribution in [0, 0.1) is 23.2 Å². The second-order valence-corrected chi connectivity index (χ2v) is 11.2. The topological polar surface area (TPSA) is 55.8 Å². The molecule has 3 aromatic rings. The zero-order valence-electron chi connectivity index (χ0n) is 20.7. The highest BCUT2D eigenvalue weighted by Gasteiger charge is 2.71. The number of ether oxygens (including phenoxy) is 2. The van der Waals surface area contributed by atoms with E-state index < -0.39 is 12.2 Å². The van der Waals surface area contributed by atoms with E-state index in [0.29, 0.717) is 28.9 Å². The molecule has 1 saturated heterocycles. The Morgan fingerprint density at radius 2 is 1.35 bits per heavy atom. The molecule has 7 rings (SSSR count). The minimum atomic E-state index is -0.541. The monoisotopic (exact) mass is 493 g/mol. The fourth-order valence-electron chi connectivity index (χ4n) is 8.22. The number of fused-ring (bicyclic) bond motifs is 2. The third-order valence-corrected chi connectivity index (χ3v) is 9.54. The van der Waals surface area contributed by atoms with E-state index >= 15 is 0 Å². The summed E-state index contributed by atoms with van der Waals surface area (Å²) < 4.78 is 12.6. The lowest BCUT2D eigenvalue weighted by molar-refractivity contribution is -0.101. The molecule has 4 fully saturated rings. The van der Waals surface area contributed by atoms with Crippen molar-refractivity contribution in [1.29, 1.82) is 0 Å². The zero-order chi connectivity index (χ0) is 25.0. The largest absolute Gasteiger partial charge is 0.455 e. The molecule has 7 atom stereocenters. The van der Waals surface area contributed by atoms with Crippen LogP contribution in [-0.2, 0) is 9.47 Å². The van der Waals surface area contributed by atoms with Gasteiger partial charge in [0.05, 0.1) is 17.2 Å². The Bertz CT molecular complexity index is 1300. The predicted octanol–water partition coefficient (Wildman–Crippen LogP) is 5.76. The van der Waals surface area contributed by atoms with E-state index in [4.69, 9.17) is 9.47 Å². The maximum Gasteiger partial charge on any atom is 0.338 e. The lowest BCUT2D eigenvalue weighted by Gasteiger charge is -2.48. The van der Waals surface area contributed by atoms with Crippen molar-refractivity contribution in [3.05, 3.63) is 102 Å². The van der Waals surface area contributed by atoms with E-state index in [2.05, 4.69) is 29.2 Å². The van der Waals surface area contributed by atoms with Gasteiger partial charge in [-0.25, -0.2) is 9.59 Å². The highest BCUT2D eigenvalue weighted by atomic mass is 16.6. The van der Waals surface area contributed by atoms with Crippen LogP contribution >= 0.6 is 0 Å². The molecule has 0 amide bonds. The molecule has 5 heteroatoms. The van der Waals surface area contributed by atoms with Crippen LogP contribution in [0.1, 0.15) is 46.4 Å². The number of nitrogens with zero attached hydrogens (tertiary/aromatic N) is 1. The first-order valence-corrected chi connectivity index (χ1v) is 13.5. The summed E-state index contributed by atoms with van der Waals surface area (Å²) in [6.45, 7) is 0.923. The Morgan fingerprint density at radius 1 is 0.757 bits per heavy atom. The minimum Gasteiger partial charge on any atom is -0.455 e. The van der Waals surface area contributed by atoms with Gasteiger partial charge in [-0.05, 0) is 85.3 Å². The van der Waals surface area contributed by atoms with Crippen LogP contribution in [0.2, 0.25) is 0 Å². The van der Waals surface area contributed by atoms with Crippen LogP contribution in [-0.4, -0.2) is 36.7 Å². The Labute approximate surface area is 217 Å². The predicted molar refractivity (Wildman–Crippen MR) is 140 cm³/mol. The molecular weight excluding hydrogens is 462 g/mol. The van der Waals surface area contributed by atoms with E-state index in [-0.39, 0.29) is 23.4 Å². The first-order chi connectivity index (χ1) is 18.1. The summed E-state index contributed by atoms with van der Waals surface area (Å²) in [4.78, 5) is 29.1. The standard InChI is InChI=1S/C32H31NO4/c34-30(21-10-4-1-5-11-21)36-26-19-32-20-33(25-14-8-3-9-15-25)28(27(32)23-16-17-24(32)18-23)29(26)37-31(35)22-12-6-2-7-13-22/h1-15,23-24,26-29H,16-20H2. The molecule has 3 aliphatic carbocycles. The van der Waals surface area contributed by atoms with Crippen molar-refractivity contribution in [1.82, 2.24) is 0 Å². The van der Waals surface area contributed by atoms with E-state index in [1.165, 1.54) is 19.3 Å². The van der Waals surface area contributed by atoms with Crippen LogP contribution < -0.4 is 4.90 Å². The average Bonchev–Trinajstić information content (AvgIpc) is 3.62. The molecule has 4 aliphatic rings. The number of carbonyl (C=O) groups excluding carboxylic acids is 2. The number of benzene rings is 3. The lowest BCUT2D eigenvalue weighted by Crippen LogP contribution is -2.57. The first kappa shape index (κ1) is 22.6. The van der Waals surface area contributed by atoms with Gasteiger partial charge in [0.1, 0.15) is 6.10 Å². The summed E-state index contributed by atoms with van der Waals surface area (Å²) >= 11 is 0. The molecule has 3 saturated carbocycles. The Kier molecular flexibility index (Phi) is 5.35. The summed E-state index contributed by atoms with van der Waals surface area (Å²) in [5, 5.41) is 0. The van der Waals surface area contributed by atoms with Crippen LogP contribution in [0.25, 0.3) is 0 Å². The van der Waals surface area contributed by atoms with Crippen molar-refractivity contribution in [3.63, 3.8) is 0 Å². The molecule has 0 aromatic heterocycles. The summed E-state index contributed by atoms with van der Waals surface area (Å²) in [6, 6.07) is 28.7. The summed E-state index contributed by atoms with van der Waals surface area (Å²) in [5.41, 5.74) is 2.28. The number of anilines is 1. The van der Waals surface area contributed by atoms with Gasteiger partial charge >= 0.3 is 11.9 Å². The second-order valence-electron chi connectivity index (χ2n) is 11.2. The smallest absolute Gasteiger partial charge is 0.338 e. The number of hydrogen-bond acceptors (Lipinski definition) is 5. The first-order valence-electron chi connectivity index (χ1n) is 13.5. The molecule has 5 nitrogen and oxygen atoms in total. The van der Waals surface area contributed by atoms with Gasteiger partial charge in [0.15, 0.2) is 6.10 Å². The third-order valence-electron chi connectivity index (χ3n) is 9.54. The molecule has 0 radical (unpaired) electrons. The number of carbonyl (C=O) groups is 2. The van der Waals surface area contributed by atoms with Gasteiger partial charge in [0.25, 0.3) is 0 Å². The second kappa shape index (κ2) is 8.76. The Hall–Kier alpha value is -3.60. The van der Waals surface area contributed by atoms with Crippen molar-refractivity contribution in [2.24, 2.45) is 23.2 Å². The molecule has 37 heavy (non-hydrogen) atoms. The minimum absolute atomic E-state index is 0.0207. The molecule has 1 heterocycles. The lowest BCUT2D eigenvalue weighted by atomic mass is 9.59. The van der Waals surface area contributed by atoms with Gasteiger partial charge in [0.2, 0.25) is 0 Å². The third kappa shape index (κ3) is 3.58. The maximum absolute atomic E-state index is 13.4. The molecule has 1 aliphatic heterocycles. The highest BCUT2D eigenvalue weighted by molar-refractivity contribution is 5.90. The van der Waals surface area contributed by atoms with Crippen molar-refractivity contribution in [2.45, 2.75) is 43.9 Å². The number of para-hydroxylation sites is 1. The molecule has 0 N–H and O–H groups in total. The van der Waals surface area contributed by atoms with Crippen molar-refractivity contribution >= 4 is 17.6 Å². The maximum atomic E-state index is 13.4. The van der Waals surface area contributed by atoms with Gasteiger partial charge in [-0.15, -0.1) is 0 Å². The molecule has 0 spiro atoms. The fourth-order valence-corrected chi connectivity index (χ4v) is 8.22. The quantitative estimate of drug-likeness (QED) is 0.423. The van der Waals surface area contributed by atoms with E-state index in [0.717, 1.165) is 18.7 Å². The number of hydrogen-bond donors (Lipinski definition) is 0. The van der Waals surface area contributed by atoms with Crippen LogP contribution in [0.4, 0.5) is 5.69 Å². The average molecular weight is 494 g/mol.